The fourth-order valence-corrected chi connectivity index (χ4v) is 3.07. The Balaban J connectivity index is 1.37. The van der Waals surface area contributed by atoms with Crippen LogP contribution in [0.1, 0.15) is 21.7 Å². The number of carbonyl (C=O) groups is 1. The molecule has 4 aromatic rings. The van der Waals surface area contributed by atoms with Crippen LogP contribution >= 0.6 is 11.3 Å². The van der Waals surface area contributed by atoms with Crippen molar-refractivity contribution in [1.29, 1.82) is 0 Å². The minimum atomic E-state index is -0.219. The van der Waals surface area contributed by atoms with Gasteiger partial charge < -0.3 is 5.32 Å². The van der Waals surface area contributed by atoms with Crippen molar-refractivity contribution in [3.8, 4) is 0 Å². The Kier molecular flexibility index (Phi) is 3.80. The van der Waals surface area contributed by atoms with Gasteiger partial charge >= 0.3 is 0 Å². The standard InChI is InChI=1S/C16H14N6OS/c23-15(14-11-21-6-7-24-16(21)18-14)17-8-13-10-22(20-19-13)9-12-4-2-1-3-5-12/h1-7,10-11H,8-9H2,(H,17,23). The summed E-state index contributed by atoms with van der Waals surface area (Å²) in [6, 6.07) is 10.0. The lowest BCUT2D eigenvalue weighted by Gasteiger charge is -2.00. The number of thiazole rings is 1. The molecule has 1 amide bonds. The van der Waals surface area contributed by atoms with Gasteiger partial charge in [0.2, 0.25) is 0 Å². The van der Waals surface area contributed by atoms with E-state index in [9.17, 15) is 4.79 Å². The van der Waals surface area contributed by atoms with E-state index in [0.717, 1.165) is 10.5 Å². The number of benzene rings is 1. The summed E-state index contributed by atoms with van der Waals surface area (Å²) in [7, 11) is 0. The summed E-state index contributed by atoms with van der Waals surface area (Å²) in [4.78, 5) is 17.2. The number of rotatable bonds is 5. The molecule has 3 aromatic heterocycles. The summed E-state index contributed by atoms with van der Waals surface area (Å²) in [5.41, 5.74) is 2.26. The maximum Gasteiger partial charge on any atom is 0.271 e. The van der Waals surface area contributed by atoms with Crippen LogP contribution in [-0.4, -0.2) is 30.3 Å². The van der Waals surface area contributed by atoms with Crippen molar-refractivity contribution in [2.45, 2.75) is 13.1 Å². The number of aromatic nitrogens is 5. The number of nitrogens with zero attached hydrogens (tertiary/aromatic N) is 5. The van der Waals surface area contributed by atoms with Crippen LogP contribution < -0.4 is 5.32 Å². The van der Waals surface area contributed by atoms with Crippen LogP contribution in [-0.2, 0) is 13.1 Å². The molecule has 1 N–H and O–H groups in total. The molecular weight excluding hydrogens is 324 g/mol. The van der Waals surface area contributed by atoms with Crippen molar-refractivity contribution in [2.75, 3.05) is 0 Å². The Morgan fingerprint density at radius 3 is 2.92 bits per heavy atom. The Labute approximate surface area is 141 Å². The average Bonchev–Trinajstić information content (AvgIpc) is 3.29. The molecule has 7 nitrogen and oxygen atoms in total. The van der Waals surface area contributed by atoms with E-state index >= 15 is 0 Å². The molecule has 4 rings (SSSR count). The SMILES string of the molecule is O=C(NCc1cn(Cc2ccccc2)nn1)c1cn2ccsc2n1. The fraction of sp³-hybridized carbons (Fsp3) is 0.125. The smallest absolute Gasteiger partial charge is 0.271 e. The summed E-state index contributed by atoms with van der Waals surface area (Å²) in [5.74, 6) is -0.219. The van der Waals surface area contributed by atoms with Crippen LogP contribution in [0.2, 0.25) is 0 Å². The fourth-order valence-electron chi connectivity index (χ4n) is 2.37. The van der Waals surface area contributed by atoms with Crippen LogP contribution in [0.25, 0.3) is 4.96 Å². The monoisotopic (exact) mass is 338 g/mol. The van der Waals surface area contributed by atoms with Crippen LogP contribution in [0, 0.1) is 0 Å². The molecule has 0 fully saturated rings. The second-order valence-electron chi connectivity index (χ2n) is 5.29. The van der Waals surface area contributed by atoms with E-state index in [1.807, 2.05) is 52.5 Å². The molecule has 0 aliphatic heterocycles. The molecule has 0 aliphatic carbocycles. The number of fused-ring (bicyclic) bond motifs is 1. The third-order valence-corrected chi connectivity index (χ3v) is 4.30. The Bertz CT molecular complexity index is 942. The van der Waals surface area contributed by atoms with Gasteiger partial charge in [0.1, 0.15) is 11.4 Å². The van der Waals surface area contributed by atoms with Gasteiger partial charge in [-0.1, -0.05) is 35.5 Å². The highest BCUT2D eigenvalue weighted by Crippen LogP contribution is 2.11. The Morgan fingerprint density at radius 1 is 1.21 bits per heavy atom. The largest absolute Gasteiger partial charge is 0.345 e. The van der Waals surface area contributed by atoms with Gasteiger partial charge in [-0.3, -0.25) is 9.20 Å². The molecule has 0 unspecified atom stereocenters. The van der Waals surface area contributed by atoms with E-state index < -0.39 is 0 Å². The number of carbonyl (C=O) groups excluding carboxylic acids is 1. The highest BCUT2D eigenvalue weighted by Gasteiger charge is 2.12. The predicted molar refractivity (Wildman–Crippen MR) is 89.8 cm³/mol. The lowest BCUT2D eigenvalue weighted by atomic mass is 10.2. The number of imidazole rings is 1. The lowest BCUT2D eigenvalue weighted by molar-refractivity contribution is 0.0946. The van der Waals surface area contributed by atoms with Crippen molar-refractivity contribution >= 4 is 22.2 Å². The van der Waals surface area contributed by atoms with Gasteiger partial charge in [-0.2, -0.15) is 0 Å². The van der Waals surface area contributed by atoms with E-state index in [2.05, 4.69) is 20.6 Å². The minimum absolute atomic E-state index is 0.219. The predicted octanol–water partition coefficient (Wildman–Crippen LogP) is 1.97. The number of hydrogen-bond acceptors (Lipinski definition) is 5. The second-order valence-corrected chi connectivity index (χ2v) is 6.17. The number of hydrogen-bond donors (Lipinski definition) is 1. The summed E-state index contributed by atoms with van der Waals surface area (Å²) in [6.07, 6.45) is 5.42. The van der Waals surface area contributed by atoms with Crippen LogP contribution in [0.3, 0.4) is 0 Å². The van der Waals surface area contributed by atoms with Crippen molar-refractivity contribution in [1.82, 2.24) is 29.7 Å². The van der Waals surface area contributed by atoms with E-state index in [1.165, 1.54) is 11.3 Å². The molecule has 3 heterocycles. The molecule has 0 aliphatic rings. The number of amides is 1. The first-order valence-electron chi connectivity index (χ1n) is 7.41. The summed E-state index contributed by atoms with van der Waals surface area (Å²) in [5, 5.41) is 12.9. The molecule has 24 heavy (non-hydrogen) atoms. The van der Waals surface area contributed by atoms with E-state index in [1.54, 1.807) is 10.9 Å². The number of nitrogens with one attached hydrogen (secondary N) is 1. The highest BCUT2D eigenvalue weighted by atomic mass is 32.1. The molecule has 0 saturated carbocycles. The first-order valence-corrected chi connectivity index (χ1v) is 8.29. The summed E-state index contributed by atoms with van der Waals surface area (Å²) >= 11 is 1.49. The zero-order valence-corrected chi connectivity index (χ0v) is 13.5. The van der Waals surface area contributed by atoms with Gasteiger partial charge in [0.25, 0.3) is 5.91 Å². The zero-order chi connectivity index (χ0) is 16.4. The summed E-state index contributed by atoms with van der Waals surface area (Å²) < 4.78 is 3.58. The Morgan fingerprint density at radius 2 is 2.08 bits per heavy atom. The second kappa shape index (κ2) is 6.25. The third kappa shape index (κ3) is 3.04. The van der Waals surface area contributed by atoms with Crippen molar-refractivity contribution in [3.63, 3.8) is 0 Å². The van der Waals surface area contributed by atoms with Gasteiger partial charge in [-0.15, -0.1) is 16.4 Å². The molecule has 8 heteroatoms. The topological polar surface area (TPSA) is 77.1 Å². The van der Waals surface area contributed by atoms with Gasteiger partial charge in [-0.05, 0) is 5.56 Å². The van der Waals surface area contributed by atoms with Crippen molar-refractivity contribution in [3.05, 3.63) is 71.3 Å². The normalized spacial score (nSPS) is 11.0. The van der Waals surface area contributed by atoms with Crippen molar-refractivity contribution in [2.24, 2.45) is 0 Å². The van der Waals surface area contributed by atoms with Gasteiger partial charge in [0, 0.05) is 17.8 Å². The zero-order valence-electron chi connectivity index (χ0n) is 12.7. The van der Waals surface area contributed by atoms with Crippen molar-refractivity contribution < 1.29 is 4.79 Å². The van der Waals surface area contributed by atoms with E-state index in [4.69, 9.17) is 0 Å². The first-order chi connectivity index (χ1) is 11.8. The van der Waals surface area contributed by atoms with Crippen LogP contribution in [0.15, 0.2) is 54.3 Å². The van der Waals surface area contributed by atoms with E-state index in [0.29, 0.717) is 24.5 Å². The van der Waals surface area contributed by atoms with Crippen LogP contribution in [0.5, 0.6) is 0 Å². The first kappa shape index (κ1) is 14.6. The molecule has 120 valence electrons. The van der Waals surface area contributed by atoms with Crippen LogP contribution in [0.4, 0.5) is 0 Å². The molecule has 0 spiro atoms. The third-order valence-electron chi connectivity index (χ3n) is 3.53. The maximum absolute atomic E-state index is 12.1. The summed E-state index contributed by atoms with van der Waals surface area (Å²) in [6.45, 7) is 0.970. The van der Waals surface area contributed by atoms with E-state index in [-0.39, 0.29) is 5.91 Å². The quantitative estimate of drug-likeness (QED) is 0.603. The lowest BCUT2D eigenvalue weighted by Crippen LogP contribution is -2.23. The average molecular weight is 338 g/mol. The molecule has 0 bridgehead atoms. The molecule has 0 saturated heterocycles. The maximum atomic E-state index is 12.1. The minimum Gasteiger partial charge on any atom is -0.345 e. The highest BCUT2D eigenvalue weighted by molar-refractivity contribution is 7.15. The molecule has 1 aromatic carbocycles. The Hall–Kier alpha value is -3.00. The molecular formula is C16H14N6OS. The van der Waals surface area contributed by atoms with Gasteiger partial charge in [-0.25, -0.2) is 9.67 Å². The van der Waals surface area contributed by atoms with Gasteiger partial charge in [0.05, 0.1) is 19.3 Å². The van der Waals surface area contributed by atoms with Gasteiger partial charge in [0.15, 0.2) is 4.96 Å². The molecule has 0 radical (unpaired) electrons. The molecule has 0 atom stereocenters.